The number of likely N-dealkylation sites (N-methyl/N-ethyl adjacent to an activating group) is 1. The molecule has 9 nitrogen and oxygen atoms in total. The molecule has 0 rings (SSSR count). The Bertz CT molecular complexity index is 2050. The Morgan fingerprint density at radius 2 is 0.574 bits per heavy atom. The molecule has 0 aliphatic heterocycles. The minimum atomic E-state index is -4.40. The van der Waals surface area contributed by atoms with E-state index < -0.39 is 26.5 Å². The van der Waals surface area contributed by atoms with Gasteiger partial charge in [0.1, 0.15) is 19.8 Å². The lowest BCUT2D eigenvalue weighted by atomic mass is 10.0. The van der Waals surface area contributed by atoms with Crippen molar-refractivity contribution in [1.29, 1.82) is 0 Å². The van der Waals surface area contributed by atoms with E-state index in [0.29, 0.717) is 17.4 Å². The summed E-state index contributed by atoms with van der Waals surface area (Å²) in [7, 11) is 1.48. The van der Waals surface area contributed by atoms with Gasteiger partial charge in [-0.05, 0) is 109 Å². The van der Waals surface area contributed by atoms with E-state index in [4.69, 9.17) is 18.5 Å². The van der Waals surface area contributed by atoms with Gasteiger partial charge in [0, 0.05) is 12.8 Å². The molecular formula is C84H147NO8P+. The van der Waals surface area contributed by atoms with Gasteiger partial charge < -0.3 is 18.9 Å². The first kappa shape index (κ1) is 90.2. The summed E-state index contributed by atoms with van der Waals surface area (Å²) in [4.78, 5) is 36.0. The summed E-state index contributed by atoms with van der Waals surface area (Å²) < 4.78 is 34.8. The second-order valence-corrected chi connectivity index (χ2v) is 28.4. The molecular weight excluding hydrogens is 1180 g/mol. The van der Waals surface area contributed by atoms with Crippen LogP contribution in [0.3, 0.4) is 0 Å². The predicted octanol–water partition coefficient (Wildman–Crippen LogP) is 25.9. The van der Waals surface area contributed by atoms with Crippen molar-refractivity contribution in [3.8, 4) is 0 Å². The normalized spacial score (nSPS) is 13.8. The molecule has 0 aromatic rings. The van der Waals surface area contributed by atoms with Gasteiger partial charge in [-0.25, -0.2) is 4.57 Å². The van der Waals surface area contributed by atoms with Crippen LogP contribution in [-0.2, 0) is 32.7 Å². The molecule has 0 aliphatic carbocycles. The highest BCUT2D eigenvalue weighted by Crippen LogP contribution is 2.43. The van der Waals surface area contributed by atoms with E-state index in [-0.39, 0.29) is 32.0 Å². The first-order valence-electron chi connectivity index (χ1n) is 38.9. The lowest BCUT2D eigenvalue weighted by Gasteiger charge is -2.24. The van der Waals surface area contributed by atoms with E-state index >= 15 is 0 Å². The molecule has 0 saturated carbocycles. The van der Waals surface area contributed by atoms with Crippen molar-refractivity contribution >= 4 is 19.8 Å². The fraction of sp³-hybridized carbons (Fsp3) is 0.714. The standard InChI is InChI=1S/C84H146NO8P/c1-6-8-10-12-14-16-18-20-22-24-26-28-30-32-34-36-37-38-39-40-41-42-43-44-45-46-47-49-51-53-55-57-59-61-63-65-67-69-71-73-75-77-84(87)93-82(81-92-94(88,89)91-79-78-85(3,4)5)80-90-83(86)76-74-72-70-68-66-64-62-60-58-56-54-52-50-48-35-33-31-29-27-25-23-21-19-17-15-13-11-9-7-2/h8-11,14-17,20-23,26-29,32-35,37-38,82H,6-7,12-13,18-19,24-25,30-31,36,39-81H2,1-5H3/p+1/b10-8-,11-9-,16-14-,17-15-,22-20-,23-21-,28-26-,29-27-,34-32-,35-33-,38-37-. The molecule has 1 N–H and O–H groups in total. The lowest BCUT2D eigenvalue weighted by molar-refractivity contribution is -0.870. The number of phosphoric acid groups is 1. The van der Waals surface area contributed by atoms with Crippen molar-refractivity contribution in [2.45, 2.75) is 341 Å². The topological polar surface area (TPSA) is 108 Å². The SMILES string of the molecule is CC/C=C\C/C=C\C/C=C\C/C=C\C/C=C\C/C=C\CCCCCCCCCCCCCCCCCCCCCCCCC(=O)OC(COC(=O)CCCCCCCCCCCCCCC/C=C\C/C=C\C/C=C\C/C=C\C/C=C\CC)COP(=O)(O)OCC[N+](C)(C)C. The van der Waals surface area contributed by atoms with Crippen molar-refractivity contribution < 1.29 is 42.1 Å². The second kappa shape index (κ2) is 73.4. The van der Waals surface area contributed by atoms with E-state index in [2.05, 4.69) is 148 Å². The van der Waals surface area contributed by atoms with E-state index in [9.17, 15) is 19.0 Å². The number of esters is 2. The van der Waals surface area contributed by atoms with Crippen LogP contribution >= 0.6 is 7.82 Å². The molecule has 0 heterocycles. The lowest BCUT2D eigenvalue weighted by Crippen LogP contribution is -2.37. The van der Waals surface area contributed by atoms with E-state index in [1.54, 1.807) is 0 Å². The first-order chi connectivity index (χ1) is 46.0. The molecule has 94 heavy (non-hydrogen) atoms. The molecule has 0 amide bonds. The minimum Gasteiger partial charge on any atom is -0.462 e. The summed E-state index contributed by atoms with van der Waals surface area (Å²) in [5.74, 6) is -0.790. The quantitative estimate of drug-likeness (QED) is 0.0211. The Balaban J connectivity index is 3.96. The van der Waals surface area contributed by atoms with Crippen molar-refractivity contribution in [3.05, 3.63) is 134 Å². The largest absolute Gasteiger partial charge is 0.472 e. The van der Waals surface area contributed by atoms with Gasteiger partial charge in [-0.1, -0.05) is 347 Å². The molecule has 2 unspecified atom stereocenters. The highest BCUT2D eigenvalue weighted by Gasteiger charge is 2.27. The summed E-state index contributed by atoms with van der Waals surface area (Å²) in [5.41, 5.74) is 0. The molecule has 2 atom stereocenters. The van der Waals surface area contributed by atoms with Crippen LogP contribution in [0.4, 0.5) is 0 Å². The Kier molecular flexibility index (Phi) is 70.4. The van der Waals surface area contributed by atoms with E-state index in [1.165, 1.54) is 199 Å². The zero-order valence-corrected chi connectivity index (χ0v) is 62.6. The number of unbranched alkanes of at least 4 members (excludes halogenated alkanes) is 35. The van der Waals surface area contributed by atoms with Gasteiger partial charge in [0.25, 0.3) is 0 Å². The second-order valence-electron chi connectivity index (χ2n) is 27.0. The van der Waals surface area contributed by atoms with Crippen LogP contribution in [0, 0.1) is 0 Å². The Hall–Kier alpha value is -3.85. The van der Waals surface area contributed by atoms with Gasteiger partial charge >= 0.3 is 19.8 Å². The maximum Gasteiger partial charge on any atom is 0.472 e. The van der Waals surface area contributed by atoms with Gasteiger partial charge in [0.05, 0.1) is 27.7 Å². The molecule has 0 aromatic heterocycles. The number of hydrogen-bond donors (Lipinski definition) is 1. The third kappa shape index (κ3) is 77.2. The predicted molar refractivity (Wildman–Crippen MR) is 408 cm³/mol. The van der Waals surface area contributed by atoms with Crippen molar-refractivity contribution in [2.75, 3.05) is 47.5 Å². The van der Waals surface area contributed by atoms with Crippen LogP contribution in [0.2, 0.25) is 0 Å². The van der Waals surface area contributed by atoms with E-state index in [0.717, 1.165) is 103 Å². The fourth-order valence-electron chi connectivity index (χ4n) is 10.8. The molecule has 0 radical (unpaired) electrons. The highest BCUT2D eigenvalue weighted by atomic mass is 31.2. The van der Waals surface area contributed by atoms with Crippen molar-refractivity contribution in [1.82, 2.24) is 0 Å². The molecule has 540 valence electrons. The number of carbonyl (C=O) groups excluding carboxylic acids is 2. The maximum atomic E-state index is 12.9. The number of allylic oxidation sites excluding steroid dienone is 22. The van der Waals surface area contributed by atoms with Gasteiger partial charge in [0.2, 0.25) is 0 Å². The number of quaternary nitrogens is 1. The van der Waals surface area contributed by atoms with Crippen LogP contribution < -0.4 is 0 Å². The zero-order chi connectivity index (χ0) is 68.3. The summed E-state index contributed by atoms with van der Waals surface area (Å²) >= 11 is 0. The van der Waals surface area contributed by atoms with E-state index in [1.807, 2.05) is 21.1 Å². The third-order valence-electron chi connectivity index (χ3n) is 16.7. The minimum absolute atomic E-state index is 0.0288. The molecule has 0 spiro atoms. The Morgan fingerprint density at radius 1 is 0.330 bits per heavy atom. The summed E-state index contributed by atoms with van der Waals surface area (Å²) in [6, 6.07) is 0. The fourth-order valence-corrected chi connectivity index (χ4v) is 11.6. The smallest absolute Gasteiger partial charge is 0.462 e. The average Bonchev–Trinajstić information content (AvgIpc) is 1.57. The summed E-state index contributed by atoms with van der Waals surface area (Å²) in [6.07, 6.45) is 107. The van der Waals surface area contributed by atoms with Crippen molar-refractivity contribution in [2.24, 2.45) is 0 Å². The molecule has 10 heteroatoms. The number of rotatable bonds is 71. The van der Waals surface area contributed by atoms with Gasteiger partial charge in [-0.15, -0.1) is 0 Å². The monoisotopic (exact) mass is 1330 g/mol. The molecule has 0 bridgehead atoms. The third-order valence-corrected chi connectivity index (χ3v) is 17.7. The van der Waals surface area contributed by atoms with Gasteiger partial charge in [-0.2, -0.15) is 0 Å². The average molecular weight is 1330 g/mol. The molecule has 0 saturated heterocycles. The number of carbonyl (C=O) groups is 2. The van der Waals surface area contributed by atoms with Crippen LogP contribution in [0.25, 0.3) is 0 Å². The molecule has 0 aromatic carbocycles. The van der Waals surface area contributed by atoms with Crippen LogP contribution in [-0.4, -0.2) is 74.9 Å². The number of phosphoric ester groups is 1. The summed E-state index contributed by atoms with van der Waals surface area (Å²) in [5, 5.41) is 0. The molecule has 0 fully saturated rings. The van der Waals surface area contributed by atoms with Crippen LogP contribution in [0.1, 0.15) is 335 Å². The van der Waals surface area contributed by atoms with Crippen molar-refractivity contribution in [3.63, 3.8) is 0 Å². The van der Waals surface area contributed by atoms with Crippen LogP contribution in [0.15, 0.2) is 134 Å². The van der Waals surface area contributed by atoms with Gasteiger partial charge in [0.15, 0.2) is 6.10 Å². The Labute approximate surface area is 581 Å². The summed E-state index contributed by atoms with van der Waals surface area (Å²) in [6.45, 7) is 4.24. The first-order valence-corrected chi connectivity index (χ1v) is 40.4. The maximum absolute atomic E-state index is 12.9. The number of hydrogen-bond acceptors (Lipinski definition) is 7. The highest BCUT2D eigenvalue weighted by molar-refractivity contribution is 7.47. The Morgan fingerprint density at radius 3 is 0.851 bits per heavy atom. The zero-order valence-electron chi connectivity index (χ0n) is 61.7. The van der Waals surface area contributed by atoms with Gasteiger partial charge in [-0.3, -0.25) is 18.6 Å². The number of nitrogens with zero attached hydrogens (tertiary/aromatic N) is 1. The number of ether oxygens (including phenoxy) is 2. The molecule has 0 aliphatic rings. The van der Waals surface area contributed by atoms with Crippen LogP contribution in [0.5, 0.6) is 0 Å².